The maximum atomic E-state index is 5.98. The van der Waals surface area contributed by atoms with E-state index in [0.717, 1.165) is 27.8 Å². The number of fused-ring (bicyclic) bond motifs is 1. The van der Waals surface area contributed by atoms with Crippen LogP contribution in [0.2, 0.25) is 5.02 Å². The zero-order valence-corrected chi connectivity index (χ0v) is 10.3. The van der Waals surface area contributed by atoms with Gasteiger partial charge in [0.25, 0.3) is 0 Å². The molecular weight excluding hydrogens is 248 g/mol. The zero-order chi connectivity index (χ0) is 12.5. The van der Waals surface area contributed by atoms with Gasteiger partial charge in [-0.05, 0) is 29.8 Å². The maximum absolute atomic E-state index is 5.98. The minimum absolute atomic E-state index is 0.414. The van der Waals surface area contributed by atoms with Crippen LogP contribution in [0.15, 0.2) is 47.0 Å². The Morgan fingerprint density at radius 3 is 2.83 bits per heavy atom. The molecule has 0 aliphatic carbocycles. The van der Waals surface area contributed by atoms with Crippen LogP contribution in [0, 0.1) is 0 Å². The van der Waals surface area contributed by atoms with Crippen molar-refractivity contribution < 1.29 is 4.52 Å². The van der Waals surface area contributed by atoms with E-state index in [2.05, 4.69) is 5.16 Å². The van der Waals surface area contributed by atoms with Gasteiger partial charge in [-0.15, -0.1) is 0 Å². The number of aromatic nitrogens is 1. The number of hydrogen-bond donors (Lipinski definition) is 1. The summed E-state index contributed by atoms with van der Waals surface area (Å²) in [6.07, 6.45) is 0. The molecule has 0 aliphatic rings. The smallest absolute Gasteiger partial charge is 0.167 e. The van der Waals surface area contributed by atoms with E-state index in [1.807, 2.05) is 42.5 Å². The molecule has 0 amide bonds. The highest BCUT2D eigenvalue weighted by atomic mass is 35.5. The second kappa shape index (κ2) is 4.44. The predicted molar refractivity (Wildman–Crippen MR) is 72.3 cm³/mol. The SMILES string of the molecule is NCc1cc(Cl)ccc1-c1noc2ccccc12. The van der Waals surface area contributed by atoms with Gasteiger partial charge in [0.15, 0.2) is 5.58 Å². The summed E-state index contributed by atoms with van der Waals surface area (Å²) in [7, 11) is 0. The first kappa shape index (κ1) is 11.3. The Morgan fingerprint density at radius 2 is 2.00 bits per heavy atom. The molecule has 0 bridgehead atoms. The minimum atomic E-state index is 0.414. The molecule has 0 saturated carbocycles. The normalized spacial score (nSPS) is 11.0. The standard InChI is InChI=1S/C14H11ClN2O/c15-10-5-6-11(9(7-10)8-16)14-12-3-1-2-4-13(12)18-17-14/h1-7H,8,16H2. The minimum Gasteiger partial charge on any atom is -0.356 e. The van der Waals surface area contributed by atoms with Crippen LogP contribution < -0.4 is 5.73 Å². The van der Waals surface area contributed by atoms with E-state index < -0.39 is 0 Å². The van der Waals surface area contributed by atoms with Gasteiger partial charge < -0.3 is 10.3 Å². The molecule has 0 saturated heterocycles. The Hall–Kier alpha value is -1.84. The summed E-state index contributed by atoms with van der Waals surface area (Å²) in [6.45, 7) is 0.414. The first-order chi connectivity index (χ1) is 8.79. The highest BCUT2D eigenvalue weighted by Gasteiger charge is 2.13. The van der Waals surface area contributed by atoms with Gasteiger partial charge in [-0.25, -0.2) is 0 Å². The second-order valence-electron chi connectivity index (χ2n) is 4.03. The molecule has 2 N–H and O–H groups in total. The van der Waals surface area contributed by atoms with Crippen LogP contribution in [0.5, 0.6) is 0 Å². The molecule has 0 fully saturated rings. The average Bonchev–Trinajstić information content (AvgIpc) is 2.82. The molecule has 3 rings (SSSR count). The highest BCUT2D eigenvalue weighted by molar-refractivity contribution is 6.30. The lowest BCUT2D eigenvalue weighted by molar-refractivity contribution is 0.459. The van der Waals surface area contributed by atoms with Gasteiger partial charge >= 0.3 is 0 Å². The van der Waals surface area contributed by atoms with Crippen LogP contribution in [0.4, 0.5) is 0 Å². The van der Waals surface area contributed by atoms with Crippen molar-refractivity contribution in [2.24, 2.45) is 5.73 Å². The summed E-state index contributed by atoms with van der Waals surface area (Å²) in [5, 5.41) is 5.78. The lowest BCUT2D eigenvalue weighted by Crippen LogP contribution is -1.99. The number of rotatable bonds is 2. The molecule has 2 aromatic carbocycles. The Kier molecular flexibility index (Phi) is 2.78. The van der Waals surface area contributed by atoms with E-state index in [4.69, 9.17) is 21.9 Å². The average molecular weight is 259 g/mol. The van der Waals surface area contributed by atoms with Gasteiger partial charge in [-0.3, -0.25) is 0 Å². The molecule has 18 heavy (non-hydrogen) atoms. The third-order valence-electron chi connectivity index (χ3n) is 2.92. The topological polar surface area (TPSA) is 52.0 Å². The van der Waals surface area contributed by atoms with Gasteiger partial charge in [-0.2, -0.15) is 0 Å². The Morgan fingerprint density at radius 1 is 1.17 bits per heavy atom. The molecule has 3 nitrogen and oxygen atoms in total. The predicted octanol–water partition coefficient (Wildman–Crippen LogP) is 3.61. The monoisotopic (exact) mass is 258 g/mol. The van der Waals surface area contributed by atoms with Crippen molar-refractivity contribution in [2.45, 2.75) is 6.54 Å². The molecule has 1 heterocycles. The van der Waals surface area contributed by atoms with E-state index in [1.165, 1.54) is 0 Å². The summed E-state index contributed by atoms with van der Waals surface area (Å²) in [4.78, 5) is 0. The van der Waals surface area contributed by atoms with E-state index in [9.17, 15) is 0 Å². The van der Waals surface area contributed by atoms with Crippen molar-refractivity contribution in [1.29, 1.82) is 0 Å². The quantitative estimate of drug-likeness (QED) is 0.764. The van der Waals surface area contributed by atoms with Crippen molar-refractivity contribution in [3.8, 4) is 11.3 Å². The van der Waals surface area contributed by atoms with Gasteiger partial charge in [0, 0.05) is 22.5 Å². The van der Waals surface area contributed by atoms with E-state index in [-0.39, 0.29) is 0 Å². The number of benzene rings is 2. The molecule has 0 atom stereocenters. The first-order valence-electron chi connectivity index (χ1n) is 5.63. The van der Waals surface area contributed by atoms with E-state index in [0.29, 0.717) is 11.6 Å². The highest BCUT2D eigenvalue weighted by Crippen LogP contribution is 2.31. The van der Waals surface area contributed by atoms with Crippen molar-refractivity contribution in [3.63, 3.8) is 0 Å². The fourth-order valence-electron chi connectivity index (χ4n) is 2.04. The van der Waals surface area contributed by atoms with Gasteiger partial charge in [0.1, 0.15) is 5.69 Å². The number of nitrogens with zero attached hydrogens (tertiary/aromatic N) is 1. The molecule has 4 heteroatoms. The summed E-state index contributed by atoms with van der Waals surface area (Å²) in [5.74, 6) is 0. The summed E-state index contributed by atoms with van der Waals surface area (Å²) < 4.78 is 5.31. The zero-order valence-electron chi connectivity index (χ0n) is 9.56. The first-order valence-corrected chi connectivity index (χ1v) is 6.00. The molecule has 0 spiro atoms. The van der Waals surface area contributed by atoms with Crippen LogP contribution in [-0.4, -0.2) is 5.16 Å². The number of nitrogens with two attached hydrogens (primary N) is 1. The largest absolute Gasteiger partial charge is 0.356 e. The Balaban J connectivity index is 2.26. The van der Waals surface area contributed by atoms with E-state index >= 15 is 0 Å². The third-order valence-corrected chi connectivity index (χ3v) is 3.15. The van der Waals surface area contributed by atoms with Crippen molar-refractivity contribution >= 4 is 22.6 Å². The fourth-order valence-corrected chi connectivity index (χ4v) is 2.24. The molecular formula is C14H11ClN2O. The Bertz CT molecular complexity index is 706. The third kappa shape index (κ3) is 1.78. The molecule has 90 valence electrons. The maximum Gasteiger partial charge on any atom is 0.167 e. The van der Waals surface area contributed by atoms with E-state index in [1.54, 1.807) is 0 Å². The van der Waals surface area contributed by atoms with Gasteiger partial charge in [0.05, 0.1) is 0 Å². The molecule has 3 aromatic rings. The lowest BCUT2D eigenvalue weighted by atomic mass is 10.0. The number of para-hydroxylation sites is 1. The number of hydrogen-bond acceptors (Lipinski definition) is 3. The van der Waals surface area contributed by atoms with Gasteiger partial charge in [-0.1, -0.05) is 35.0 Å². The van der Waals surface area contributed by atoms with Crippen molar-refractivity contribution in [1.82, 2.24) is 5.16 Å². The lowest BCUT2D eigenvalue weighted by Gasteiger charge is -2.05. The molecule has 0 aliphatic heterocycles. The van der Waals surface area contributed by atoms with Crippen molar-refractivity contribution in [3.05, 3.63) is 53.1 Å². The van der Waals surface area contributed by atoms with Crippen LogP contribution in [-0.2, 0) is 6.54 Å². The number of halogens is 1. The van der Waals surface area contributed by atoms with Crippen LogP contribution in [0.1, 0.15) is 5.56 Å². The van der Waals surface area contributed by atoms with Crippen LogP contribution >= 0.6 is 11.6 Å². The Labute approximate surface area is 109 Å². The fraction of sp³-hybridized carbons (Fsp3) is 0.0714. The summed E-state index contributed by atoms with van der Waals surface area (Å²) in [6, 6.07) is 13.4. The van der Waals surface area contributed by atoms with Crippen LogP contribution in [0.3, 0.4) is 0 Å². The molecule has 0 radical (unpaired) electrons. The molecule has 0 unspecified atom stereocenters. The van der Waals surface area contributed by atoms with Gasteiger partial charge in [0.2, 0.25) is 0 Å². The van der Waals surface area contributed by atoms with Crippen LogP contribution in [0.25, 0.3) is 22.2 Å². The summed E-state index contributed by atoms with van der Waals surface area (Å²) in [5.41, 5.74) is 9.25. The second-order valence-corrected chi connectivity index (χ2v) is 4.47. The molecule has 1 aromatic heterocycles. The summed E-state index contributed by atoms with van der Waals surface area (Å²) >= 11 is 5.98. The van der Waals surface area contributed by atoms with Crippen molar-refractivity contribution in [2.75, 3.05) is 0 Å².